The van der Waals surface area contributed by atoms with Crippen LogP contribution in [0.4, 0.5) is 0 Å². The molecule has 0 aliphatic heterocycles. The van der Waals surface area contributed by atoms with E-state index in [2.05, 4.69) is 39.8 Å². The average Bonchev–Trinajstić information content (AvgIpc) is 2.26. The van der Waals surface area contributed by atoms with E-state index in [1.54, 1.807) is 16.9 Å². The fourth-order valence-corrected chi connectivity index (χ4v) is 0.187. The Morgan fingerprint density at radius 2 is 0.933 bits per heavy atom. The molecule has 0 radical (unpaired) electrons. The number of hydrogen-bond donors (Lipinski definition) is 7. The van der Waals surface area contributed by atoms with Crippen molar-refractivity contribution in [2.75, 3.05) is 0 Å². The van der Waals surface area contributed by atoms with Crippen molar-refractivity contribution in [3.8, 4) is 0 Å². The fraction of sp³-hybridized carbons (Fsp3) is 0. The number of hydrogen-bond acceptors (Lipinski definition) is 15. The standard InChI is InChI=1S/H7N5O10/c6-10-4-14-12-2-8-1-9-3-13-15-5-11-7/h1-7H. The first-order valence-corrected chi connectivity index (χ1v) is 2.74. The van der Waals surface area contributed by atoms with Crippen LogP contribution in [0.1, 0.15) is 0 Å². The summed E-state index contributed by atoms with van der Waals surface area (Å²) in [6.45, 7) is 0. The zero-order valence-electron chi connectivity index (χ0n) is 6.66. The van der Waals surface area contributed by atoms with Crippen molar-refractivity contribution < 1.29 is 50.3 Å². The summed E-state index contributed by atoms with van der Waals surface area (Å²) in [5.74, 6) is 0. The molecular weight excluding hydrogens is 230 g/mol. The Balaban J connectivity index is 2.81. The second-order valence-electron chi connectivity index (χ2n) is 1.14. The lowest BCUT2D eigenvalue weighted by molar-refractivity contribution is -0.541. The molecule has 0 spiro atoms. The Hall–Kier alpha value is -0.600. The van der Waals surface area contributed by atoms with E-state index in [-0.39, 0.29) is 0 Å². The first kappa shape index (κ1) is 14.4. The first-order chi connectivity index (χ1) is 7.41. The Labute approximate surface area is 79.9 Å². The van der Waals surface area contributed by atoms with Gasteiger partial charge in [-0.25, -0.2) is 10.5 Å². The highest BCUT2D eigenvalue weighted by Crippen LogP contribution is 1.67. The van der Waals surface area contributed by atoms with Gasteiger partial charge in [0.05, 0.1) is 0 Å². The van der Waals surface area contributed by atoms with Gasteiger partial charge in [0.25, 0.3) is 0 Å². The Morgan fingerprint density at radius 3 is 1.33 bits per heavy atom. The second-order valence-corrected chi connectivity index (χ2v) is 1.14. The predicted octanol–water partition coefficient (Wildman–Crippen LogP) is -3.01. The van der Waals surface area contributed by atoms with Crippen LogP contribution in [0.5, 0.6) is 0 Å². The molecule has 0 bridgehead atoms. The van der Waals surface area contributed by atoms with Gasteiger partial charge in [-0.15, -0.1) is 9.98 Å². The lowest BCUT2D eigenvalue weighted by Gasteiger charge is -2.04. The van der Waals surface area contributed by atoms with Crippen LogP contribution in [0, 0.1) is 0 Å². The molecule has 0 atom stereocenters. The van der Waals surface area contributed by atoms with Gasteiger partial charge < -0.3 is 0 Å². The topological polar surface area (TPSA) is 174 Å². The summed E-state index contributed by atoms with van der Waals surface area (Å²) < 4.78 is 0. The molecule has 0 saturated carbocycles. The highest BCUT2D eigenvalue weighted by molar-refractivity contribution is 3.61. The first-order valence-electron chi connectivity index (χ1n) is 2.74. The largest absolute Gasteiger partial charge is 0.231 e. The maximum atomic E-state index is 7.61. The van der Waals surface area contributed by atoms with Crippen LogP contribution >= 0.6 is 0 Å². The molecule has 0 amide bonds. The maximum absolute atomic E-state index is 7.61. The molecule has 0 heterocycles. The molecule has 7 N–H and O–H groups in total. The van der Waals surface area contributed by atoms with Crippen molar-refractivity contribution in [2.45, 2.75) is 0 Å². The predicted molar refractivity (Wildman–Crippen MR) is 29.6 cm³/mol. The van der Waals surface area contributed by atoms with Gasteiger partial charge in [0, 0.05) is 0 Å². The van der Waals surface area contributed by atoms with Gasteiger partial charge in [0.1, 0.15) is 0 Å². The molecule has 0 rings (SSSR count). The van der Waals surface area contributed by atoms with Crippen LogP contribution in [0.15, 0.2) is 0 Å². The SMILES string of the molecule is OONOONONONOONOO. The Bertz CT molecular complexity index is 98.0. The van der Waals surface area contributed by atoms with Gasteiger partial charge in [0.2, 0.25) is 0 Å². The molecule has 15 nitrogen and oxygen atoms in total. The third kappa shape index (κ3) is 13.4. The highest BCUT2D eigenvalue weighted by Gasteiger charge is 1.89. The smallest absolute Gasteiger partial charge is 0.0119 e. The monoisotopic (exact) mass is 237 g/mol. The molecule has 0 aliphatic rings. The average molecular weight is 237 g/mol. The summed E-state index contributed by atoms with van der Waals surface area (Å²) in [6, 6.07) is 0. The second kappa shape index (κ2) is 13.4. The zero-order valence-corrected chi connectivity index (χ0v) is 6.66. The third-order valence-electron chi connectivity index (χ3n) is 0.461. The summed E-state index contributed by atoms with van der Waals surface area (Å²) in [5, 5.41) is 15.2. The van der Waals surface area contributed by atoms with Crippen LogP contribution in [-0.4, -0.2) is 10.5 Å². The Kier molecular flexibility index (Phi) is 12.9. The Morgan fingerprint density at radius 1 is 0.533 bits per heavy atom. The maximum Gasteiger partial charge on any atom is -0.0119 e. The van der Waals surface area contributed by atoms with Gasteiger partial charge in [-0.1, -0.05) is 20.0 Å². The van der Waals surface area contributed by atoms with E-state index in [4.69, 9.17) is 10.5 Å². The minimum Gasteiger partial charge on any atom is -0.231 e. The van der Waals surface area contributed by atoms with Gasteiger partial charge in [-0.3, -0.25) is 0 Å². The highest BCUT2D eigenvalue weighted by atomic mass is 17.5. The molecule has 0 aliphatic carbocycles. The van der Waals surface area contributed by atoms with Crippen molar-refractivity contribution in [2.24, 2.45) is 0 Å². The zero-order chi connectivity index (χ0) is 11.2. The van der Waals surface area contributed by atoms with Crippen molar-refractivity contribution in [3.63, 3.8) is 0 Å². The minimum atomic E-state index is 1.39. The molecular formula is H7N5O10. The van der Waals surface area contributed by atoms with Crippen LogP contribution in [0.25, 0.3) is 0 Å². The van der Waals surface area contributed by atoms with Crippen LogP contribution in [0.3, 0.4) is 0 Å². The quantitative estimate of drug-likeness (QED) is 0.104. The van der Waals surface area contributed by atoms with E-state index in [1.807, 2.05) is 0 Å². The van der Waals surface area contributed by atoms with Crippen molar-refractivity contribution in [1.82, 2.24) is 28.2 Å². The summed E-state index contributed by atoms with van der Waals surface area (Å²) >= 11 is 0. The summed E-state index contributed by atoms with van der Waals surface area (Å²) in [5.41, 5.74) is 7.61. The lowest BCUT2D eigenvalue weighted by atomic mass is 12.9. The number of rotatable bonds is 12. The molecule has 0 aromatic carbocycles. The normalized spacial score (nSPS) is 10.8. The third-order valence-corrected chi connectivity index (χ3v) is 0.461. The van der Waals surface area contributed by atoms with Gasteiger partial charge in [-0.05, 0) is 28.2 Å². The van der Waals surface area contributed by atoms with Crippen molar-refractivity contribution in [1.29, 1.82) is 0 Å². The summed E-state index contributed by atoms with van der Waals surface area (Å²) in [6.07, 6.45) is 0. The van der Waals surface area contributed by atoms with Crippen LogP contribution in [-0.2, 0) is 39.8 Å². The van der Waals surface area contributed by atoms with E-state index in [1.165, 1.54) is 11.3 Å². The molecule has 0 saturated heterocycles. The van der Waals surface area contributed by atoms with Crippen LogP contribution in [0.2, 0.25) is 0 Å². The molecule has 0 fully saturated rings. The van der Waals surface area contributed by atoms with E-state index in [0.717, 1.165) is 0 Å². The minimum absolute atomic E-state index is 1.39. The fourth-order valence-electron chi connectivity index (χ4n) is 0.187. The van der Waals surface area contributed by atoms with E-state index in [9.17, 15) is 0 Å². The molecule has 15 heteroatoms. The molecule has 0 aromatic rings. The lowest BCUT2D eigenvalue weighted by Crippen LogP contribution is -2.33. The molecule has 0 aromatic heterocycles. The summed E-state index contributed by atoms with van der Waals surface area (Å²) in [7, 11) is 0. The van der Waals surface area contributed by atoms with E-state index >= 15 is 0 Å². The molecule has 92 valence electrons. The van der Waals surface area contributed by atoms with Gasteiger partial charge in [0.15, 0.2) is 0 Å². The molecule has 15 heavy (non-hydrogen) atoms. The van der Waals surface area contributed by atoms with Gasteiger partial charge in [-0.2, -0.15) is 9.88 Å². The van der Waals surface area contributed by atoms with Gasteiger partial charge >= 0.3 is 0 Å². The number of nitrogens with one attached hydrogen (secondary N) is 5. The van der Waals surface area contributed by atoms with E-state index in [0.29, 0.717) is 0 Å². The summed E-state index contributed by atoms with van der Waals surface area (Å²) in [4.78, 5) is 29.7. The van der Waals surface area contributed by atoms with Crippen molar-refractivity contribution >= 4 is 0 Å². The van der Waals surface area contributed by atoms with Crippen LogP contribution < -0.4 is 28.2 Å². The van der Waals surface area contributed by atoms with Crippen molar-refractivity contribution in [3.05, 3.63) is 0 Å². The molecule has 0 unspecified atom stereocenters. The van der Waals surface area contributed by atoms with E-state index < -0.39 is 0 Å².